The zero-order chi connectivity index (χ0) is 19.9. The van der Waals surface area contributed by atoms with Gasteiger partial charge in [0, 0.05) is 49.4 Å². The number of alkyl halides is 2. The molecule has 1 aromatic carbocycles. The first kappa shape index (κ1) is 18.7. The van der Waals surface area contributed by atoms with Crippen molar-refractivity contribution in [2.75, 3.05) is 13.1 Å². The summed E-state index contributed by atoms with van der Waals surface area (Å²) in [4.78, 5) is 19.0. The molecule has 146 valence electrons. The van der Waals surface area contributed by atoms with Gasteiger partial charge in [-0.3, -0.25) is 4.79 Å². The Labute approximate surface area is 162 Å². The zero-order valence-corrected chi connectivity index (χ0v) is 15.7. The van der Waals surface area contributed by atoms with Crippen LogP contribution in [0.25, 0.3) is 16.7 Å². The quantitative estimate of drug-likeness (QED) is 0.729. The highest BCUT2D eigenvalue weighted by Gasteiger charge is 2.35. The van der Waals surface area contributed by atoms with Crippen LogP contribution in [-0.4, -0.2) is 43.6 Å². The molecule has 1 fully saturated rings. The molecule has 3 aromatic rings. The second kappa shape index (κ2) is 7.06. The lowest BCUT2D eigenvalue weighted by molar-refractivity contribution is -0.0494. The number of fused-ring (bicyclic) bond motifs is 1. The van der Waals surface area contributed by atoms with Crippen LogP contribution in [0.2, 0.25) is 0 Å². The molecular formula is C19H18F2N4O2S. The van der Waals surface area contributed by atoms with Crippen molar-refractivity contribution < 1.29 is 17.8 Å². The van der Waals surface area contributed by atoms with Crippen molar-refractivity contribution in [2.45, 2.75) is 23.7 Å². The number of pyridine rings is 1. The molecule has 1 aliphatic heterocycles. The molecule has 0 bridgehead atoms. The second-order valence-electron chi connectivity index (χ2n) is 6.77. The van der Waals surface area contributed by atoms with E-state index in [-0.39, 0.29) is 31.8 Å². The first-order valence-corrected chi connectivity index (χ1v) is 9.96. The minimum Gasteiger partial charge on any atom is -0.338 e. The van der Waals surface area contributed by atoms with Crippen LogP contribution in [0.1, 0.15) is 23.2 Å². The van der Waals surface area contributed by atoms with E-state index < -0.39 is 16.9 Å². The maximum Gasteiger partial charge on any atom is 0.255 e. The molecule has 2 aromatic heterocycles. The van der Waals surface area contributed by atoms with Crippen LogP contribution in [0.5, 0.6) is 0 Å². The summed E-state index contributed by atoms with van der Waals surface area (Å²) < 4.78 is 40.0. The Bertz CT molecular complexity index is 1070. The summed E-state index contributed by atoms with van der Waals surface area (Å²) in [6.07, 6.45) is 2.62. The largest absolute Gasteiger partial charge is 0.338 e. The van der Waals surface area contributed by atoms with E-state index in [1.165, 1.54) is 11.1 Å². The standard InChI is InChI=1S/C19H18F2N4O2S/c20-19(21)5-8-24(9-6-19)18(26)14-10-13-4-7-25(17(13)23-12-14)15-2-1-3-16(11-15)28(22)27/h1-4,7,10-12H,5-6,8-9,22H2. The Hall–Kier alpha value is -2.65. The molecule has 0 spiro atoms. The van der Waals surface area contributed by atoms with Crippen LogP contribution in [0, 0.1) is 0 Å². The maximum atomic E-state index is 13.3. The number of hydrogen-bond donors (Lipinski definition) is 1. The second-order valence-corrected chi connectivity index (χ2v) is 7.83. The highest BCUT2D eigenvalue weighted by atomic mass is 32.2. The average molecular weight is 404 g/mol. The predicted molar refractivity (Wildman–Crippen MR) is 102 cm³/mol. The van der Waals surface area contributed by atoms with Gasteiger partial charge in [0.1, 0.15) is 16.6 Å². The molecule has 1 amide bonds. The maximum absolute atomic E-state index is 13.3. The van der Waals surface area contributed by atoms with Gasteiger partial charge in [-0.15, -0.1) is 0 Å². The van der Waals surface area contributed by atoms with Crippen molar-refractivity contribution in [3.63, 3.8) is 0 Å². The van der Waals surface area contributed by atoms with Crippen LogP contribution < -0.4 is 5.14 Å². The number of piperidine rings is 1. The fraction of sp³-hybridized carbons (Fsp3) is 0.263. The molecule has 0 saturated carbocycles. The van der Waals surface area contributed by atoms with Crippen molar-refractivity contribution in [1.29, 1.82) is 0 Å². The number of nitrogens with zero attached hydrogens (tertiary/aromatic N) is 3. The van der Waals surface area contributed by atoms with Crippen LogP contribution in [-0.2, 0) is 11.0 Å². The summed E-state index contributed by atoms with van der Waals surface area (Å²) in [6, 6.07) is 10.5. The first-order chi connectivity index (χ1) is 13.3. The molecule has 0 radical (unpaired) electrons. The molecule has 1 unspecified atom stereocenters. The summed E-state index contributed by atoms with van der Waals surface area (Å²) in [6.45, 7) is 0.0712. The number of carbonyl (C=O) groups excluding carboxylic acids is 1. The lowest BCUT2D eigenvalue weighted by atomic mass is 10.1. The Balaban J connectivity index is 1.62. The molecule has 1 aliphatic rings. The van der Waals surface area contributed by atoms with E-state index in [2.05, 4.69) is 4.98 Å². The van der Waals surface area contributed by atoms with Gasteiger partial charge in [0.2, 0.25) is 0 Å². The Kier molecular flexibility index (Phi) is 4.72. The summed E-state index contributed by atoms with van der Waals surface area (Å²) in [7, 11) is -1.59. The average Bonchev–Trinajstić information content (AvgIpc) is 3.11. The van der Waals surface area contributed by atoms with E-state index in [0.717, 1.165) is 11.1 Å². The smallest absolute Gasteiger partial charge is 0.255 e. The number of aromatic nitrogens is 2. The molecule has 0 aliphatic carbocycles. The van der Waals surface area contributed by atoms with E-state index in [0.29, 0.717) is 16.1 Å². The van der Waals surface area contributed by atoms with Crippen LogP contribution >= 0.6 is 0 Å². The van der Waals surface area contributed by atoms with Gasteiger partial charge in [-0.05, 0) is 30.3 Å². The van der Waals surface area contributed by atoms with E-state index in [1.54, 1.807) is 35.0 Å². The molecule has 28 heavy (non-hydrogen) atoms. The first-order valence-electron chi connectivity index (χ1n) is 8.75. The number of nitrogens with two attached hydrogens (primary N) is 1. The van der Waals surface area contributed by atoms with E-state index in [9.17, 15) is 17.8 Å². The molecule has 1 saturated heterocycles. The number of amides is 1. The van der Waals surface area contributed by atoms with Crippen molar-refractivity contribution in [3.8, 4) is 5.69 Å². The van der Waals surface area contributed by atoms with Crippen molar-refractivity contribution in [1.82, 2.24) is 14.5 Å². The van der Waals surface area contributed by atoms with E-state index >= 15 is 0 Å². The van der Waals surface area contributed by atoms with Gasteiger partial charge in [0.25, 0.3) is 11.8 Å². The monoisotopic (exact) mass is 404 g/mol. The van der Waals surface area contributed by atoms with E-state index in [1.807, 2.05) is 12.1 Å². The van der Waals surface area contributed by atoms with Gasteiger partial charge < -0.3 is 9.47 Å². The van der Waals surface area contributed by atoms with Crippen LogP contribution in [0.4, 0.5) is 8.78 Å². The van der Waals surface area contributed by atoms with Gasteiger partial charge in [0.05, 0.1) is 10.5 Å². The minimum atomic E-state index is -2.70. The lowest BCUT2D eigenvalue weighted by Gasteiger charge is -2.31. The fourth-order valence-electron chi connectivity index (χ4n) is 3.33. The molecule has 9 heteroatoms. The number of likely N-dealkylation sites (tertiary alicyclic amines) is 1. The molecule has 2 N–H and O–H groups in total. The van der Waals surface area contributed by atoms with Gasteiger partial charge in [-0.25, -0.2) is 23.1 Å². The molecule has 3 heterocycles. The third-order valence-corrected chi connectivity index (χ3v) is 5.60. The third kappa shape index (κ3) is 3.55. The summed E-state index contributed by atoms with van der Waals surface area (Å²) >= 11 is 0. The summed E-state index contributed by atoms with van der Waals surface area (Å²) in [5.74, 6) is -2.99. The highest BCUT2D eigenvalue weighted by Crippen LogP contribution is 2.29. The van der Waals surface area contributed by atoms with E-state index in [4.69, 9.17) is 5.14 Å². The number of rotatable bonds is 3. The molecular weight excluding hydrogens is 386 g/mol. The molecule has 1 atom stereocenters. The van der Waals surface area contributed by atoms with Crippen LogP contribution in [0.3, 0.4) is 0 Å². The fourth-order valence-corrected chi connectivity index (χ4v) is 3.78. The summed E-state index contributed by atoms with van der Waals surface area (Å²) in [5.41, 5.74) is 1.74. The Morgan fingerprint density at radius 2 is 1.93 bits per heavy atom. The lowest BCUT2D eigenvalue weighted by Crippen LogP contribution is -2.42. The minimum absolute atomic E-state index is 0.0356. The van der Waals surface area contributed by atoms with Gasteiger partial charge in [0.15, 0.2) is 0 Å². The normalized spacial score (nSPS) is 17.6. The predicted octanol–water partition coefficient (Wildman–Crippen LogP) is 2.88. The van der Waals surface area contributed by atoms with Crippen LogP contribution in [0.15, 0.2) is 53.7 Å². The number of hydrogen-bond acceptors (Lipinski definition) is 3. The zero-order valence-electron chi connectivity index (χ0n) is 14.8. The van der Waals surface area contributed by atoms with Gasteiger partial charge in [-0.2, -0.15) is 0 Å². The molecule has 6 nitrogen and oxygen atoms in total. The Morgan fingerprint density at radius 3 is 2.64 bits per heavy atom. The number of carbonyl (C=O) groups is 1. The SMILES string of the molecule is NS(=O)c1cccc(-n2ccc3cc(C(=O)N4CCC(F)(F)CC4)cnc32)c1. The van der Waals surface area contributed by atoms with Crippen molar-refractivity contribution >= 4 is 27.9 Å². The van der Waals surface area contributed by atoms with Gasteiger partial charge in [-0.1, -0.05) is 6.07 Å². The Morgan fingerprint density at radius 1 is 1.18 bits per heavy atom. The van der Waals surface area contributed by atoms with Gasteiger partial charge >= 0.3 is 0 Å². The number of benzene rings is 1. The third-order valence-electron chi connectivity index (χ3n) is 4.88. The molecule has 4 rings (SSSR count). The highest BCUT2D eigenvalue weighted by molar-refractivity contribution is 7.82. The van der Waals surface area contributed by atoms with Crippen molar-refractivity contribution in [2.24, 2.45) is 5.14 Å². The van der Waals surface area contributed by atoms with Crippen molar-refractivity contribution in [3.05, 3.63) is 54.4 Å². The topological polar surface area (TPSA) is 81.2 Å². The summed E-state index contributed by atoms with van der Waals surface area (Å²) in [5, 5.41) is 6.19. The number of halogens is 2.